The summed E-state index contributed by atoms with van der Waals surface area (Å²) in [5.74, 6) is 0.774. The second-order valence-electron chi connectivity index (χ2n) is 9.51. The molecule has 2 aromatic rings. The van der Waals surface area contributed by atoms with Gasteiger partial charge >= 0.3 is 0 Å². The molecule has 1 spiro atoms. The number of piperidine rings is 2. The molecular weight excluding hydrogens is 376 g/mol. The number of fused-ring (bicyclic) bond motifs is 1. The van der Waals surface area contributed by atoms with Gasteiger partial charge < -0.3 is 14.5 Å². The highest BCUT2D eigenvalue weighted by molar-refractivity contribution is 6.04. The molecule has 0 aliphatic carbocycles. The van der Waals surface area contributed by atoms with Crippen LogP contribution in [0, 0.1) is 5.92 Å². The third-order valence-electron chi connectivity index (χ3n) is 7.58. The molecule has 30 heavy (non-hydrogen) atoms. The molecule has 162 valence electrons. The van der Waals surface area contributed by atoms with Crippen LogP contribution >= 0.6 is 0 Å². The lowest BCUT2D eigenvalue weighted by atomic mass is 9.84. The molecule has 0 N–H and O–H groups in total. The van der Waals surface area contributed by atoms with Crippen molar-refractivity contribution in [2.45, 2.75) is 50.5 Å². The normalized spacial score (nSPS) is 23.3. The molecule has 0 saturated carbocycles. The summed E-state index contributed by atoms with van der Waals surface area (Å²) in [5, 5.41) is 5.48. The minimum absolute atomic E-state index is 0.0830. The third kappa shape index (κ3) is 3.87. The number of aromatic nitrogens is 2. The van der Waals surface area contributed by atoms with E-state index in [0.29, 0.717) is 11.6 Å². The van der Waals surface area contributed by atoms with Crippen LogP contribution in [0.1, 0.15) is 55.4 Å². The van der Waals surface area contributed by atoms with Gasteiger partial charge in [0.15, 0.2) is 5.69 Å². The van der Waals surface area contributed by atoms with Crippen molar-refractivity contribution in [3.63, 3.8) is 0 Å². The lowest BCUT2D eigenvalue weighted by Crippen LogP contribution is -2.49. The van der Waals surface area contributed by atoms with Crippen molar-refractivity contribution in [2.75, 3.05) is 39.3 Å². The van der Waals surface area contributed by atoms with Crippen LogP contribution in [0.25, 0.3) is 10.9 Å². The van der Waals surface area contributed by atoms with E-state index >= 15 is 0 Å². The Morgan fingerprint density at radius 2 is 1.87 bits per heavy atom. The standard InChI is InChI=1S/C24H34N4O2/c1-26-21-7-3-2-6-20(21)22(25-26)23(29)28-13-8-19(9-14-28)18-27-15-11-24(12-16-27)10-4-5-17-30-24/h2-3,6-7,19H,4-5,8-18H2,1H3. The summed E-state index contributed by atoms with van der Waals surface area (Å²) in [6.45, 7) is 6.14. The van der Waals surface area contributed by atoms with E-state index in [-0.39, 0.29) is 11.5 Å². The van der Waals surface area contributed by atoms with E-state index in [1.807, 2.05) is 40.9 Å². The van der Waals surface area contributed by atoms with Crippen LogP contribution in [0.4, 0.5) is 0 Å². The molecule has 0 radical (unpaired) electrons. The summed E-state index contributed by atoms with van der Waals surface area (Å²) in [5.41, 5.74) is 1.80. The number of likely N-dealkylation sites (tertiary alicyclic amines) is 2. The number of nitrogens with zero attached hydrogens (tertiary/aromatic N) is 4. The Labute approximate surface area is 179 Å². The number of carbonyl (C=O) groups excluding carboxylic acids is 1. The van der Waals surface area contributed by atoms with Crippen LogP contribution in [0.3, 0.4) is 0 Å². The average Bonchev–Trinajstić information content (AvgIpc) is 3.13. The van der Waals surface area contributed by atoms with Crippen LogP contribution < -0.4 is 0 Å². The summed E-state index contributed by atoms with van der Waals surface area (Å²) in [6, 6.07) is 7.99. The zero-order valence-electron chi connectivity index (χ0n) is 18.2. The van der Waals surface area contributed by atoms with Crippen LogP contribution in [0.5, 0.6) is 0 Å². The number of para-hydroxylation sites is 1. The molecule has 6 nitrogen and oxygen atoms in total. The Balaban J connectivity index is 1.14. The van der Waals surface area contributed by atoms with E-state index in [1.54, 1.807) is 0 Å². The molecule has 1 aromatic carbocycles. The van der Waals surface area contributed by atoms with E-state index in [1.165, 1.54) is 51.7 Å². The monoisotopic (exact) mass is 410 g/mol. The first-order valence-electron chi connectivity index (χ1n) is 11.7. The molecule has 3 saturated heterocycles. The van der Waals surface area contributed by atoms with Gasteiger partial charge in [-0.3, -0.25) is 9.48 Å². The molecule has 4 heterocycles. The fourth-order valence-electron chi connectivity index (χ4n) is 5.65. The second-order valence-corrected chi connectivity index (χ2v) is 9.51. The molecule has 1 aromatic heterocycles. The minimum atomic E-state index is 0.0830. The second kappa shape index (κ2) is 8.31. The molecule has 0 atom stereocenters. The van der Waals surface area contributed by atoms with E-state index in [2.05, 4.69) is 10.00 Å². The molecule has 0 bridgehead atoms. The summed E-state index contributed by atoms with van der Waals surface area (Å²) in [4.78, 5) is 17.8. The van der Waals surface area contributed by atoms with Gasteiger partial charge in [-0.25, -0.2) is 0 Å². The van der Waals surface area contributed by atoms with Gasteiger partial charge in [0.25, 0.3) is 5.91 Å². The van der Waals surface area contributed by atoms with Gasteiger partial charge in [0.05, 0.1) is 11.1 Å². The number of benzene rings is 1. The van der Waals surface area contributed by atoms with Gasteiger partial charge in [-0.1, -0.05) is 18.2 Å². The predicted molar refractivity (Wildman–Crippen MR) is 118 cm³/mol. The van der Waals surface area contributed by atoms with Gasteiger partial charge in [0.1, 0.15) is 0 Å². The molecule has 1 amide bonds. The fraction of sp³-hybridized carbons (Fsp3) is 0.667. The van der Waals surface area contributed by atoms with Crippen molar-refractivity contribution in [3.05, 3.63) is 30.0 Å². The molecule has 3 aliphatic heterocycles. The highest BCUT2D eigenvalue weighted by Crippen LogP contribution is 2.35. The summed E-state index contributed by atoms with van der Waals surface area (Å²) < 4.78 is 7.99. The summed E-state index contributed by atoms with van der Waals surface area (Å²) in [7, 11) is 1.91. The highest BCUT2D eigenvalue weighted by atomic mass is 16.5. The largest absolute Gasteiger partial charge is 0.375 e. The Kier molecular flexibility index (Phi) is 5.54. The zero-order chi connectivity index (χ0) is 20.6. The van der Waals surface area contributed by atoms with E-state index in [0.717, 1.165) is 43.4 Å². The average molecular weight is 411 g/mol. The Morgan fingerprint density at radius 1 is 1.10 bits per heavy atom. The van der Waals surface area contributed by atoms with Crippen molar-refractivity contribution in [1.82, 2.24) is 19.6 Å². The lowest BCUT2D eigenvalue weighted by Gasteiger charge is -2.45. The van der Waals surface area contributed by atoms with Gasteiger partial charge in [0, 0.05) is 51.8 Å². The van der Waals surface area contributed by atoms with E-state index < -0.39 is 0 Å². The van der Waals surface area contributed by atoms with E-state index in [4.69, 9.17) is 4.74 Å². The van der Waals surface area contributed by atoms with Gasteiger partial charge in [-0.2, -0.15) is 5.10 Å². The topological polar surface area (TPSA) is 50.6 Å². The summed E-state index contributed by atoms with van der Waals surface area (Å²) >= 11 is 0. The van der Waals surface area contributed by atoms with Crippen molar-refractivity contribution in [1.29, 1.82) is 0 Å². The number of aryl methyl sites for hydroxylation is 1. The molecular formula is C24H34N4O2. The number of hydrogen-bond acceptors (Lipinski definition) is 4. The minimum Gasteiger partial charge on any atom is -0.375 e. The number of hydrogen-bond donors (Lipinski definition) is 0. The smallest absolute Gasteiger partial charge is 0.275 e. The Hall–Kier alpha value is -1.92. The lowest BCUT2D eigenvalue weighted by molar-refractivity contribution is -0.112. The third-order valence-corrected chi connectivity index (χ3v) is 7.58. The van der Waals surface area contributed by atoms with E-state index in [9.17, 15) is 4.79 Å². The first kappa shape index (κ1) is 20.0. The Morgan fingerprint density at radius 3 is 2.60 bits per heavy atom. The zero-order valence-corrected chi connectivity index (χ0v) is 18.2. The molecule has 3 aliphatic rings. The van der Waals surface area contributed by atoms with Gasteiger partial charge in [-0.15, -0.1) is 0 Å². The molecule has 6 heteroatoms. The first-order valence-corrected chi connectivity index (χ1v) is 11.7. The maximum atomic E-state index is 13.1. The van der Waals surface area contributed by atoms with Crippen molar-refractivity contribution in [3.8, 4) is 0 Å². The van der Waals surface area contributed by atoms with Gasteiger partial charge in [0.2, 0.25) is 0 Å². The fourth-order valence-corrected chi connectivity index (χ4v) is 5.65. The molecule has 5 rings (SSSR count). The van der Waals surface area contributed by atoms with Crippen LogP contribution in [-0.2, 0) is 11.8 Å². The first-order chi connectivity index (χ1) is 14.6. The van der Waals surface area contributed by atoms with Crippen molar-refractivity contribution in [2.24, 2.45) is 13.0 Å². The maximum Gasteiger partial charge on any atom is 0.275 e. The number of amides is 1. The summed E-state index contributed by atoms with van der Waals surface area (Å²) in [6.07, 6.45) is 8.39. The number of ether oxygens (including phenoxy) is 1. The highest BCUT2D eigenvalue weighted by Gasteiger charge is 2.37. The van der Waals surface area contributed by atoms with Gasteiger partial charge in [-0.05, 0) is 56.9 Å². The number of rotatable bonds is 3. The van der Waals surface area contributed by atoms with Crippen molar-refractivity contribution < 1.29 is 9.53 Å². The quantitative estimate of drug-likeness (QED) is 0.778. The predicted octanol–water partition coefficient (Wildman–Crippen LogP) is 3.46. The Bertz CT molecular complexity index is 884. The number of carbonyl (C=O) groups is 1. The molecule has 3 fully saturated rings. The van der Waals surface area contributed by atoms with Crippen LogP contribution in [0.2, 0.25) is 0 Å². The SMILES string of the molecule is Cn1nc(C(=O)N2CCC(CN3CCC4(CCCCO4)CC3)CC2)c2ccccc21. The molecule has 0 unspecified atom stereocenters. The van der Waals surface area contributed by atoms with Crippen LogP contribution in [-0.4, -0.2) is 70.4 Å². The van der Waals surface area contributed by atoms with Crippen molar-refractivity contribution >= 4 is 16.8 Å². The van der Waals surface area contributed by atoms with Crippen LogP contribution in [0.15, 0.2) is 24.3 Å². The maximum absolute atomic E-state index is 13.1.